The molecule has 0 radical (unpaired) electrons. The topological polar surface area (TPSA) is 46.2 Å². The predicted octanol–water partition coefficient (Wildman–Crippen LogP) is 5.90. The van der Waals surface area contributed by atoms with Crippen LogP contribution in [0.2, 0.25) is 19.6 Å². The van der Waals surface area contributed by atoms with E-state index in [4.69, 9.17) is 23.4 Å². The van der Waals surface area contributed by atoms with Gasteiger partial charge in [-0.1, -0.05) is 91.0 Å². The van der Waals surface area contributed by atoms with Gasteiger partial charge < -0.3 is 23.4 Å². The highest BCUT2D eigenvalue weighted by atomic mass is 28.4. The second-order valence-electron chi connectivity index (χ2n) is 9.43. The first-order chi connectivity index (χ1) is 17.5. The molecular formula is C30H40O5Si. The normalized spacial score (nSPS) is 12.1. The van der Waals surface area contributed by atoms with Gasteiger partial charge >= 0.3 is 0 Å². The van der Waals surface area contributed by atoms with E-state index >= 15 is 0 Å². The highest BCUT2D eigenvalue weighted by Crippen LogP contribution is 2.40. The van der Waals surface area contributed by atoms with E-state index in [0.29, 0.717) is 52.9 Å². The van der Waals surface area contributed by atoms with Gasteiger partial charge in [-0.25, -0.2) is 0 Å². The molecule has 3 aromatic carbocycles. The van der Waals surface area contributed by atoms with Crippen LogP contribution in [0.15, 0.2) is 91.0 Å². The summed E-state index contributed by atoms with van der Waals surface area (Å²) in [6.07, 6.45) is 0. The first kappa shape index (κ1) is 28.3. The molecule has 0 bridgehead atoms. The summed E-state index contributed by atoms with van der Waals surface area (Å²) < 4.78 is 29.4. The van der Waals surface area contributed by atoms with Crippen molar-refractivity contribution >= 4 is 8.32 Å². The zero-order valence-corrected chi connectivity index (χ0v) is 22.9. The molecule has 0 aromatic heterocycles. The Morgan fingerprint density at radius 1 is 0.472 bits per heavy atom. The third-order valence-corrected chi connectivity index (χ3v) is 6.66. The van der Waals surface area contributed by atoms with Gasteiger partial charge in [0.25, 0.3) is 0 Å². The Morgan fingerprint density at radius 3 is 1.17 bits per heavy atom. The summed E-state index contributed by atoms with van der Waals surface area (Å²) >= 11 is 0. The molecular weight excluding hydrogens is 468 g/mol. The summed E-state index contributed by atoms with van der Waals surface area (Å²) in [6.45, 7) is 10.8. The minimum absolute atomic E-state index is 0.443. The van der Waals surface area contributed by atoms with Gasteiger partial charge in [-0.15, -0.1) is 0 Å². The van der Waals surface area contributed by atoms with Crippen LogP contribution in [0.4, 0.5) is 0 Å². The van der Waals surface area contributed by atoms with Gasteiger partial charge in [-0.2, -0.15) is 0 Å². The molecule has 0 amide bonds. The van der Waals surface area contributed by atoms with Crippen molar-refractivity contribution in [2.45, 2.75) is 25.2 Å². The zero-order chi connectivity index (χ0) is 25.5. The Hall–Kier alpha value is -2.32. The Morgan fingerprint density at radius 2 is 0.806 bits per heavy atom. The number of hydrogen-bond acceptors (Lipinski definition) is 5. The maximum absolute atomic E-state index is 6.70. The molecule has 0 N–H and O–H groups in total. The quantitative estimate of drug-likeness (QED) is 0.129. The van der Waals surface area contributed by atoms with Crippen molar-refractivity contribution in [1.29, 1.82) is 0 Å². The van der Waals surface area contributed by atoms with Crippen molar-refractivity contribution in [2.75, 3.05) is 52.9 Å². The van der Waals surface area contributed by atoms with Crippen molar-refractivity contribution in [3.8, 4) is 0 Å². The van der Waals surface area contributed by atoms with E-state index in [0.717, 1.165) is 16.7 Å². The van der Waals surface area contributed by atoms with Gasteiger partial charge in [0.1, 0.15) is 5.60 Å². The van der Waals surface area contributed by atoms with Crippen molar-refractivity contribution in [1.82, 2.24) is 0 Å². The van der Waals surface area contributed by atoms with Crippen molar-refractivity contribution < 1.29 is 23.4 Å². The van der Waals surface area contributed by atoms with Gasteiger partial charge in [-0.3, -0.25) is 0 Å². The van der Waals surface area contributed by atoms with Crippen LogP contribution in [0.3, 0.4) is 0 Å². The average Bonchev–Trinajstić information content (AvgIpc) is 2.90. The summed E-state index contributed by atoms with van der Waals surface area (Å²) in [6, 6.07) is 31.1. The summed E-state index contributed by atoms with van der Waals surface area (Å²) in [5.41, 5.74) is 2.53. The highest BCUT2D eigenvalue weighted by molar-refractivity contribution is 6.69. The lowest BCUT2D eigenvalue weighted by atomic mass is 9.80. The first-order valence-electron chi connectivity index (χ1n) is 12.7. The summed E-state index contributed by atoms with van der Waals surface area (Å²) in [7, 11) is -1.46. The maximum Gasteiger partial charge on any atom is 0.183 e. The van der Waals surface area contributed by atoms with Crippen LogP contribution in [0.25, 0.3) is 0 Å². The predicted molar refractivity (Wildman–Crippen MR) is 147 cm³/mol. The second-order valence-corrected chi connectivity index (χ2v) is 13.9. The maximum atomic E-state index is 6.70. The van der Waals surface area contributed by atoms with Crippen LogP contribution in [0, 0.1) is 0 Å². The van der Waals surface area contributed by atoms with Crippen LogP contribution in [0.1, 0.15) is 16.7 Å². The van der Waals surface area contributed by atoms with Gasteiger partial charge in [0.05, 0.1) is 52.9 Å². The molecule has 194 valence electrons. The lowest BCUT2D eigenvalue weighted by Gasteiger charge is -2.36. The van der Waals surface area contributed by atoms with Crippen LogP contribution < -0.4 is 0 Å². The molecule has 0 aliphatic rings. The van der Waals surface area contributed by atoms with Crippen LogP contribution >= 0.6 is 0 Å². The fraction of sp³-hybridized carbons (Fsp3) is 0.400. The summed E-state index contributed by atoms with van der Waals surface area (Å²) in [5.74, 6) is 0. The zero-order valence-electron chi connectivity index (χ0n) is 21.9. The van der Waals surface area contributed by atoms with E-state index in [1.54, 1.807) is 0 Å². The largest absolute Gasteiger partial charge is 0.415 e. The molecule has 3 aromatic rings. The van der Waals surface area contributed by atoms with E-state index in [9.17, 15) is 0 Å². The van der Waals surface area contributed by atoms with Crippen LogP contribution in [-0.4, -0.2) is 61.2 Å². The third kappa shape index (κ3) is 8.96. The molecule has 0 heterocycles. The molecule has 0 unspecified atom stereocenters. The Kier molecular flexibility index (Phi) is 11.8. The van der Waals surface area contributed by atoms with Gasteiger partial charge in [0, 0.05) is 0 Å². The standard InChI is InChI=1S/C30H40O5Si/c1-36(2,3)35-26-24-33-22-20-31-19-21-32-23-25-34-30(27-13-7-4-8-14-27,28-15-9-5-10-16-28)29-17-11-6-12-18-29/h4-18H,19-26H2,1-3H3. The van der Waals surface area contributed by atoms with E-state index in [1.807, 2.05) is 18.2 Å². The molecule has 0 aliphatic carbocycles. The lowest BCUT2D eigenvalue weighted by Crippen LogP contribution is -2.34. The smallest absolute Gasteiger partial charge is 0.183 e. The molecule has 6 heteroatoms. The van der Waals surface area contributed by atoms with Crippen molar-refractivity contribution in [3.05, 3.63) is 108 Å². The molecule has 0 spiro atoms. The van der Waals surface area contributed by atoms with E-state index in [2.05, 4.69) is 92.4 Å². The number of rotatable bonds is 17. The minimum atomic E-state index is -1.46. The molecule has 0 saturated heterocycles. The molecule has 36 heavy (non-hydrogen) atoms. The van der Waals surface area contributed by atoms with Crippen LogP contribution in [0.5, 0.6) is 0 Å². The highest BCUT2D eigenvalue weighted by Gasteiger charge is 2.37. The fourth-order valence-corrected chi connectivity index (χ4v) is 4.67. The number of hydrogen-bond donors (Lipinski definition) is 0. The third-order valence-electron chi connectivity index (χ3n) is 5.59. The molecule has 0 saturated carbocycles. The number of benzene rings is 3. The van der Waals surface area contributed by atoms with Crippen molar-refractivity contribution in [3.63, 3.8) is 0 Å². The van der Waals surface area contributed by atoms with Crippen molar-refractivity contribution in [2.24, 2.45) is 0 Å². The van der Waals surface area contributed by atoms with Crippen LogP contribution in [-0.2, 0) is 29.0 Å². The monoisotopic (exact) mass is 508 g/mol. The molecule has 0 atom stereocenters. The van der Waals surface area contributed by atoms with Gasteiger partial charge in [-0.05, 0) is 36.3 Å². The average molecular weight is 509 g/mol. The molecule has 5 nitrogen and oxygen atoms in total. The Labute approximate surface area is 217 Å². The Bertz CT molecular complexity index is 864. The SMILES string of the molecule is C[Si](C)(C)OCCOCCOCCOCCOC(c1ccccc1)(c1ccccc1)c1ccccc1. The fourth-order valence-electron chi connectivity index (χ4n) is 3.97. The van der Waals surface area contributed by atoms with E-state index in [-0.39, 0.29) is 0 Å². The van der Waals surface area contributed by atoms with E-state index < -0.39 is 13.9 Å². The Balaban J connectivity index is 1.47. The molecule has 3 rings (SSSR count). The number of ether oxygens (including phenoxy) is 4. The van der Waals surface area contributed by atoms with Gasteiger partial charge in [0.2, 0.25) is 0 Å². The summed E-state index contributed by atoms with van der Waals surface area (Å²) in [4.78, 5) is 0. The molecule has 0 aliphatic heterocycles. The molecule has 0 fully saturated rings. The van der Waals surface area contributed by atoms with E-state index in [1.165, 1.54) is 0 Å². The summed E-state index contributed by atoms with van der Waals surface area (Å²) in [5, 5.41) is 0. The minimum Gasteiger partial charge on any atom is -0.415 e. The second kappa shape index (κ2) is 15.0. The lowest BCUT2D eigenvalue weighted by molar-refractivity contribution is -0.0373. The van der Waals surface area contributed by atoms with Gasteiger partial charge in [0.15, 0.2) is 8.32 Å². The first-order valence-corrected chi connectivity index (χ1v) is 16.1.